The molecule has 0 fully saturated rings. The number of benzene rings is 8. The molecule has 0 spiro atoms. The molecule has 0 aromatic heterocycles. The molecule has 8 aromatic carbocycles. The zero-order valence-corrected chi connectivity index (χ0v) is 76.5. The summed E-state index contributed by atoms with van der Waals surface area (Å²) in [6, 6.07) is 10.2. The lowest BCUT2D eigenvalue weighted by molar-refractivity contribution is -0.135. The van der Waals surface area contributed by atoms with Gasteiger partial charge in [0.1, 0.15) is 28.7 Å². The minimum Gasteiger partial charge on any atom is -0.449 e. The highest BCUT2D eigenvalue weighted by molar-refractivity contribution is 5.89. The first-order valence-corrected chi connectivity index (χ1v) is 39.2. The number of carbonyl (C=O) groups excluding carboxylic acids is 21. The largest absolute Gasteiger partial charge is 0.449 e. The van der Waals surface area contributed by atoms with Gasteiger partial charge >= 0.3 is 125 Å². The topological polar surface area (TPSA) is 617 Å². The molecule has 0 saturated carbocycles. The van der Waals surface area contributed by atoms with Gasteiger partial charge in [0.15, 0.2) is 92.0 Å². The molecule has 0 amide bonds. The summed E-state index contributed by atoms with van der Waals surface area (Å²) in [6.45, 7) is 17.8. The van der Waals surface area contributed by atoms with Gasteiger partial charge in [-0.1, -0.05) is 0 Å². The smallest absolute Gasteiger partial charge is 0.308 e. The van der Waals surface area contributed by atoms with Crippen LogP contribution in [0.15, 0.2) is 78.9 Å². The Labute approximate surface area is 781 Å². The SMILES string of the molecule is CC(=O)Oc1cc(OC(C)=O)c(Oc2cc(OC(C)=O)c(Oc3cc(OC(C)=O)c(OC(C)=O)c(OC(C)=O)c3Oc3cc(OC(C)=O)c(Oc4cc(OC(C)=O)c(Oc5cc(OC(C)=O)c(Oc6cc(OC(C)=O)c(OC(C)=O)c(OC(C)=O)c6Oc6cc(OC(C)=O)c(OC(C)=O)c(OC(C)=O)c6)c(OC(C)=O)c5)c(OC(C)=O)c4OC(C)=O)c(OC(C)=O)c3)c(OC(C)=O)c2)c(OC(C)=O)c1. The number of hydrogen-bond donors (Lipinski definition) is 0. The molecule has 0 aliphatic carbocycles. The second-order valence-electron chi connectivity index (χ2n) is 27.5. The molecule has 0 aliphatic rings. The van der Waals surface area contributed by atoms with Gasteiger partial charge in [-0.2, -0.15) is 0 Å². The second-order valence-corrected chi connectivity index (χ2v) is 27.5. The minimum absolute atomic E-state index is 0.365. The van der Waals surface area contributed by atoms with E-state index in [0.717, 1.165) is 194 Å². The van der Waals surface area contributed by atoms with Crippen molar-refractivity contribution in [2.45, 2.75) is 145 Å². The first-order chi connectivity index (χ1) is 65.1. The van der Waals surface area contributed by atoms with E-state index in [0.29, 0.717) is 30.3 Å². The Morgan fingerprint density at radius 1 is 0.108 bits per heavy atom. The first-order valence-electron chi connectivity index (χ1n) is 39.2. The molecule has 0 radical (unpaired) electrons. The Kier molecular flexibility index (Phi) is 35.0. The van der Waals surface area contributed by atoms with Crippen LogP contribution in [0.5, 0.6) is 201 Å². The molecule has 8 rings (SSSR count). The van der Waals surface area contributed by atoms with Gasteiger partial charge in [-0.3, -0.25) is 101 Å². The van der Waals surface area contributed by atoms with Gasteiger partial charge in [-0.15, -0.1) is 0 Å². The zero-order valence-electron chi connectivity index (χ0n) is 76.5. The van der Waals surface area contributed by atoms with Gasteiger partial charge in [-0.05, 0) is 0 Å². The summed E-state index contributed by atoms with van der Waals surface area (Å²) < 4.78 is 159. The monoisotopic (exact) mass is 1940 g/mol. The van der Waals surface area contributed by atoms with Crippen molar-refractivity contribution >= 4 is 125 Å². The van der Waals surface area contributed by atoms with Crippen LogP contribution in [0.2, 0.25) is 0 Å². The lowest BCUT2D eigenvalue weighted by atomic mass is 10.2. The highest BCUT2D eigenvalue weighted by Gasteiger charge is 2.39. The molecule has 0 aliphatic heterocycles. The Morgan fingerprint density at radius 2 is 0.230 bits per heavy atom. The third-order valence-electron chi connectivity index (χ3n) is 15.1. The van der Waals surface area contributed by atoms with E-state index in [1.807, 2.05) is 0 Å². The highest BCUT2D eigenvalue weighted by atomic mass is 16.7. The molecule has 49 nitrogen and oxygen atoms in total. The molecule has 0 bridgehead atoms. The fraction of sp³-hybridized carbons (Fsp3) is 0.233. The van der Waals surface area contributed by atoms with Gasteiger partial charge in [0.25, 0.3) is 0 Å². The summed E-state index contributed by atoms with van der Waals surface area (Å²) in [5.41, 5.74) is 0. The van der Waals surface area contributed by atoms with E-state index in [4.69, 9.17) is 133 Å². The number of rotatable bonds is 35. The maximum atomic E-state index is 13.6. The van der Waals surface area contributed by atoms with E-state index in [1.165, 1.54) is 0 Å². The van der Waals surface area contributed by atoms with Crippen molar-refractivity contribution in [1.82, 2.24) is 0 Å². The van der Waals surface area contributed by atoms with Crippen molar-refractivity contribution in [3.8, 4) is 201 Å². The molecular formula is C90H76O49. The maximum Gasteiger partial charge on any atom is 0.308 e. The van der Waals surface area contributed by atoms with Crippen LogP contribution in [-0.2, 0) is 101 Å². The van der Waals surface area contributed by atoms with E-state index in [9.17, 15) is 101 Å². The third-order valence-corrected chi connectivity index (χ3v) is 15.1. The lowest BCUT2D eigenvalue weighted by Crippen LogP contribution is -2.13. The van der Waals surface area contributed by atoms with Crippen LogP contribution in [-0.4, -0.2) is 125 Å². The molecule has 0 heterocycles. The Hall–Kier alpha value is -18.8. The van der Waals surface area contributed by atoms with E-state index in [-0.39, 0.29) is 5.75 Å². The van der Waals surface area contributed by atoms with Crippen molar-refractivity contribution in [3.05, 3.63) is 78.9 Å². The zero-order chi connectivity index (χ0) is 103. The highest BCUT2D eigenvalue weighted by Crippen LogP contribution is 2.62. The number of esters is 21. The number of carbonyl (C=O) groups is 21. The third kappa shape index (κ3) is 30.1. The number of hydrogen-bond acceptors (Lipinski definition) is 49. The molecule has 8 aromatic rings. The Bertz CT molecular complexity index is 6310. The van der Waals surface area contributed by atoms with Crippen LogP contribution in [0.25, 0.3) is 0 Å². The second kappa shape index (κ2) is 46.1. The maximum absolute atomic E-state index is 13.6. The standard InChI is InChI=1S/C90H76O49/c1-35(91)112-56-22-63(115-38(4)94)78(64(23-56)116-39(5)95)133-57-24-65(117-40(6)96)80(66(25-57)118-41(7)97)138-76-33-72(124-47(13)103)83(128-51(17)107)89(131-54(20)110)87(76)136-60-30-67(119-42(8)98)79(68(31-60)120-43(9)99)137-74-34-73(125-48(14)104)85(90(132-55(21)111)84(74)129-52(18)108)134-59-28-69(121-44(10)100)81(70(29-59)122-45(11)101)139-75-32-71(123-46(12)102)82(127-50(16)106)88(130-53(19)109)86(75)135-58-26-61(113-36(2)92)77(126-49(15)105)62(27-58)114-37(3)93/h22-34H,1-21H3. The van der Waals surface area contributed by atoms with Gasteiger partial charge in [0.2, 0.25) is 80.5 Å². The quantitative estimate of drug-likeness (QED) is 0.0263. The predicted octanol–water partition coefficient (Wildman–Crippen LogP) is 12.7. The van der Waals surface area contributed by atoms with E-state index < -0.39 is 321 Å². The average Bonchev–Trinajstić information content (AvgIpc) is 0.763. The van der Waals surface area contributed by atoms with Gasteiger partial charge < -0.3 is 133 Å². The molecule has 0 saturated heterocycles. The summed E-state index contributed by atoms with van der Waals surface area (Å²) in [5.74, 6) is -55.7. The molecular weight excluding hydrogens is 1860 g/mol. The van der Waals surface area contributed by atoms with Crippen molar-refractivity contribution < 1.29 is 233 Å². The normalized spacial score (nSPS) is 10.4. The van der Waals surface area contributed by atoms with E-state index in [1.54, 1.807) is 0 Å². The summed E-state index contributed by atoms with van der Waals surface area (Å²) in [5, 5.41) is 0. The first kappa shape index (κ1) is 106. The van der Waals surface area contributed by atoms with Crippen LogP contribution in [0.3, 0.4) is 0 Å². The van der Waals surface area contributed by atoms with Crippen molar-refractivity contribution in [2.24, 2.45) is 0 Å². The predicted molar refractivity (Wildman–Crippen MR) is 450 cm³/mol. The molecule has 0 N–H and O–H groups in total. The summed E-state index contributed by atoms with van der Waals surface area (Å²) >= 11 is 0. The van der Waals surface area contributed by atoms with E-state index >= 15 is 0 Å². The summed E-state index contributed by atoms with van der Waals surface area (Å²) in [7, 11) is 0. The van der Waals surface area contributed by atoms with Gasteiger partial charge in [0, 0.05) is 224 Å². The van der Waals surface area contributed by atoms with Crippen LogP contribution < -0.4 is 133 Å². The Morgan fingerprint density at radius 3 is 0.424 bits per heavy atom. The lowest BCUT2D eigenvalue weighted by Gasteiger charge is -2.23. The van der Waals surface area contributed by atoms with Gasteiger partial charge in [-0.25, -0.2) is 0 Å². The summed E-state index contributed by atoms with van der Waals surface area (Å²) in [4.78, 5) is 275. The minimum atomic E-state index is -1.36. The molecule has 0 atom stereocenters. The van der Waals surface area contributed by atoms with E-state index in [2.05, 4.69) is 0 Å². The van der Waals surface area contributed by atoms with Crippen LogP contribution in [0.4, 0.5) is 0 Å². The average molecular weight is 1940 g/mol. The van der Waals surface area contributed by atoms with Crippen molar-refractivity contribution in [1.29, 1.82) is 0 Å². The van der Waals surface area contributed by atoms with Crippen LogP contribution in [0.1, 0.15) is 145 Å². The molecule has 139 heavy (non-hydrogen) atoms. The molecule has 730 valence electrons. The van der Waals surface area contributed by atoms with Crippen LogP contribution in [0, 0.1) is 0 Å². The summed E-state index contributed by atoms with van der Waals surface area (Å²) in [6.07, 6.45) is 0. The van der Waals surface area contributed by atoms with Crippen molar-refractivity contribution in [3.63, 3.8) is 0 Å². The molecule has 49 heteroatoms. The fourth-order valence-electron chi connectivity index (χ4n) is 11.3. The van der Waals surface area contributed by atoms with Crippen molar-refractivity contribution in [2.75, 3.05) is 0 Å². The number of ether oxygens (including phenoxy) is 28. The molecule has 0 unspecified atom stereocenters. The van der Waals surface area contributed by atoms with Gasteiger partial charge in [0.05, 0.1) is 0 Å². The Balaban J connectivity index is 1.42. The van der Waals surface area contributed by atoms with Crippen LogP contribution >= 0.6 is 0 Å². The fourth-order valence-corrected chi connectivity index (χ4v) is 11.3.